The number of hydrogen-bond donors (Lipinski definition) is 0. The zero-order valence-corrected chi connectivity index (χ0v) is 24.7. The number of para-hydroxylation sites is 2. The molecule has 7 aromatic carbocycles. The van der Waals surface area contributed by atoms with Gasteiger partial charge in [-0.15, -0.1) is 0 Å². The zero-order chi connectivity index (χ0) is 30.6. The summed E-state index contributed by atoms with van der Waals surface area (Å²) in [6, 6.07) is 54.4. The first kappa shape index (κ1) is 26.1. The number of hydrogen-bond acceptors (Lipinski definition) is 3. The van der Waals surface area contributed by atoms with Gasteiger partial charge in [-0.25, -0.2) is 0 Å². The van der Waals surface area contributed by atoms with E-state index < -0.39 is 0 Å². The van der Waals surface area contributed by atoms with Crippen LogP contribution in [0.5, 0.6) is 0 Å². The van der Waals surface area contributed by atoms with Crippen LogP contribution < -0.4 is 0 Å². The highest BCUT2D eigenvalue weighted by atomic mass is 16.3. The van der Waals surface area contributed by atoms with E-state index in [1.165, 1.54) is 0 Å². The molecule has 0 aliphatic rings. The maximum atomic E-state index is 11.0. The van der Waals surface area contributed by atoms with Crippen molar-refractivity contribution in [3.8, 4) is 50.6 Å². The molecule has 9 rings (SSSR count). The van der Waals surface area contributed by atoms with E-state index in [2.05, 4.69) is 91.0 Å². The van der Waals surface area contributed by atoms with Gasteiger partial charge in [-0.2, -0.15) is 5.26 Å². The Kier molecular flexibility index (Phi) is 5.88. The molecule has 0 bridgehead atoms. The summed E-state index contributed by atoms with van der Waals surface area (Å²) in [5, 5.41) is 15.2. The van der Waals surface area contributed by atoms with E-state index in [0.717, 1.165) is 88.4 Å². The van der Waals surface area contributed by atoms with E-state index in [4.69, 9.17) is 8.83 Å². The van der Waals surface area contributed by atoms with Crippen molar-refractivity contribution in [1.82, 2.24) is 0 Å². The molecule has 0 radical (unpaired) electrons. The molecule has 0 N–H and O–H groups in total. The number of benzene rings is 7. The topological polar surface area (TPSA) is 50.1 Å². The van der Waals surface area contributed by atoms with Crippen molar-refractivity contribution in [2.75, 3.05) is 0 Å². The highest BCUT2D eigenvalue weighted by molar-refractivity contribution is 6.10. The van der Waals surface area contributed by atoms with Crippen molar-refractivity contribution in [1.29, 1.82) is 5.26 Å². The fraction of sp³-hybridized carbons (Fsp3) is 0. The molecule has 3 nitrogen and oxygen atoms in total. The summed E-state index contributed by atoms with van der Waals surface area (Å²) >= 11 is 0. The SMILES string of the molecule is N#Cc1c(-c2ccccc2)cc(-c2ccc3oc4ccccc4c3c2)c(-c2ccccc2)c1-c1ccc2oc3ccccc3c2c1. The van der Waals surface area contributed by atoms with Crippen LogP contribution in [0, 0.1) is 11.3 Å². The van der Waals surface area contributed by atoms with E-state index >= 15 is 0 Å². The second-order valence-electron chi connectivity index (χ2n) is 11.6. The van der Waals surface area contributed by atoms with Gasteiger partial charge in [0.15, 0.2) is 0 Å². The van der Waals surface area contributed by atoms with E-state index in [-0.39, 0.29) is 0 Å². The first-order valence-corrected chi connectivity index (χ1v) is 15.3. The van der Waals surface area contributed by atoms with Gasteiger partial charge in [0.1, 0.15) is 28.4 Å². The minimum absolute atomic E-state index is 0.635. The maximum absolute atomic E-state index is 11.0. The van der Waals surface area contributed by atoms with Crippen LogP contribution in [0.2, 0.25) is 0 Å². The van der Waals surface area contributed by atoms with Crippen LogP contribution in [0.25, 0.3) is 88.4 Å². The van der Waals surface area contributed by atoms with Crippen LogP contribution in [-0.4, -0.2) is 0 Å². The third kappa shape index (κ3) is 4.05. The van der Waals surface area contributed by atoms with Crippen LogP contribution in [0.4, 0.5) is 0 Å². The molecule has 0 aliphatic heterocycles. The standard InChI is InChI=1S/C43H25NO2/c44-26-37-33(27-11-3-1-4-12-27)25-34(29-19-21-40-35(23-29)31-15-7-9-17-38(31)45-40)42(28-13-5-2-6-14-28)43(37)30-20-22-41-36(24-30)32-16-8-10-18-39(32)46-41/h1-25H. The first-order valence-electron chi connectivity index (χ1n) is 15.3. The van der Waals surface area contributed by atoms with Crippen LogP contribution >= 0.6 is 0 Å². The van der Waals surface area contributed by atoms with Gasteiger partial charge < -0.3 is 8.83 Å². The third-order valence-corrected chi connectivity index (χ3v) is 8.94. The van der Waals surface area contributed by atoms with E-state index in [1.807, 2.05) is 66.7 Å². The van der Waals surface area contributed by atoms with E-state index in [9.17, 15) is 5.26 Å². The van der Waals surface area contributed by atoms with Crippen LogP contribution in [0.15, 0.2) is 160 Å². The minimum Gasteiger partial charge on any atom is -0.456 e. The summed E-state index contributed by atoms with van der Waals surface area (Å²) < 4.78 is 12.4. The molecule has 46 heavy (non-hydrogen) atoms. The Bertz CT molecular complexity index is 2640. The van der Waals surface area contributed by atoms with Gasteiger partial charge in [0.2, 0.25) is 0 Å². The molecule has 0 amide bonds. The number of nitriles is 1. The quantitative estimate of drug-likeness (QED) is 0.206. The highest BCUT2D eigenvalue weighted by Gasteiger charge is 2.24. The molecule has 0 atom stereocenters. The summed E-state index contributed by atoms with van der Waals surface area (Å²) in [7, 11) is 0. The molecule has 0 spiro atoms. The normalized spacial score (nSPS) is 11.5. The lowest BCUT2D eigenvalue weighted by molar-refractivity contribution is 0.668. The molecule has 0 aliphatic carbocycles. The second kappa shape index (κ2) is 10.4. The zero-order valence-electron chi connectivity index (χ0n) is 24.7. The Hall–Kier alpha value is -6.37. The number of rotatable bonds is 4. The maximum Gasteiger partial charge on any atom is 0.135 e. The summed E-state index contributed by atoms with van der Waals surface area (Å²) in [4.78, 5) is 0. The van der Waals surface area contributed by atoms with Crippen LogP contribution in [0.1, 0.15) is 5.56 Å². The van der Waals surface area contributed by atoms with Crippen molar-refractivity contribution < 1.29 is 8.83 Å². The molecule has 0 saturated heterocycles. The lowest BCUT2D eigenvalue weighted by Gasteiger charge is -2.21. The summed E-state index contributed by atoms with van der Waals surface area (Å²) in [6.45, 7) is 0. The van der Waals surface area contributed by atoms with Gasteiger partial charge in [0.05, 0.1) is 5.56 Å². The Labute approximate surface area is 265 Å². The Balaban J connectivity index is 1.43. The molecule has 0 fully saturated rings. The van der Waals surface area contributed by atoms with Crippen molar-refractivity contribution in [3.63, 3.8) is 0 Å². The molecule has 2 aromatic heterocycles. The largest absolute Gasteiger partial charge is 0.456 e. The summed E-state index contributed by atoms with van der Waals surface area (Å²) in [5.41, 5.74) is 11.9. The molecule has 9 aromatic rings. The van der Waals surface area contributed by atoms with E-state index in [0.29, 0.717) is 5.56 Å². The van der Waals surface area contributed by atoms with E-state index in [1.54, 1.807) is 0 Å². The van der Waals surface area contributed by atoms with Crippen molar-refractivity contribution in [3.05, 3.63) is 157 Å². The van der Waals surface area contributed by atoms with Crippen molar-refractivity contribution in [2.24, 2.45) is 0 Å². The second-order valence-corrected chi connectivity index (χ2v) is 11.6. The lowest BCUT2D eigenvalue weighted by atomic mass is 9.81. The van der Waals surface area contributed by atoms with Gasteiger partial charge in [-0.3, -0.25) is 0 Å². The molecular weight excluding hydrogens is 562 g/mol. The monoisotopic (exact) mass is 587 g/mol. The average molecular weight is 588 g/mol. The molecule has 0 saturated carbocycles. The van der Waals surface area contributed by atoms with Gasteiger partial charge in [-0.1, -0.05) is 109 Å². The van der Waals surface area contributed by atoms with Gasteiger partial charge >= 0.3 is 0 Å². The predicted molar refractivity (Wildman–Crippen MR) is 187 cm³/mol. The predicted octanol–water partition coefficient (Wildman–Crippen LogP) is 12.0. The third-order valence-electron chi connectivity index (χ3n) is 8.94. The molecule has 2 heterocycles. The first-order chi connectivity index (χ1) is 22.8. The van der Waals surface area contributed by atoms with Gasteiger partial charge in [0, 0.05) is 32.7 Å². The molecular formula is C43H25NO2. The number of nitrogens with zero attached hydrogens (tertiary/aromatic N) is 1. The van der Waals surface area contributed by atoms with Crippen LogP contribution in [0.3, 0.4) is 0 Å². The van der Waals surface area contributed by atoms with Crippen LogP contribution in [-0.2, 0) is 0 Å². The molecule has 0 unspecified atom stereocenters. The Morgan fingerprint density at radius 1 is 0.370 bits per heavy atom. The Morgan fingerprint density at radius 3 is 1.48 bits per heavy atom. The Morgan fingerprint density at radius 2 is 0.870 bits per heavy atom. The molecule has 214 valence electrons. The lowest BCUT2D eigenvalue weighted by Crippen LogP contribution is -1.98. The van der Waals surface area contributed by atoms with Gasteiger partial charge in [0.25, 0.3) is 0 Å². The highest BCUT2D eigenvalue weighted by Crippen LogP contribution is 2.47. The minimum atomic E-state index is 0.635. The smallest absolute Gasteiger partial charge is 0.135 e. The van der Waals surface area contributed by atoms with Crippen molar-refractivity contribution in [2.45, 2.75) is 0 Å². The molecule has 3 heteroatoms. The summed E-state index contributed by atoms with van der Waals surface area (Å²) in [5.74, 6) is 0. The fourth-order valence-electron chi connectivity index (χ4n) is 6.84. The number of fused-ring (bicyclic) bond motifs is 6. The van der Waals surface area contributed by atoms with Crippen molar-refractivity contribution >= 4 is 43.9 Å². The van der Waals surface area contributed by atoms with Gasteiger partial charge in [-0.05, 0) is 75.8 Å². The number of furan rings is 2. The fourth-order valence-corrected chi connectivity index (χ4v) is 6.84. The average Bonchev–Trinajstić information content (AvgIpc) is 3.69. The summed E-state index contributed by atoms with van der Waals surface area (Å²) in [6.07, 6.45) is 0.